The van der Waals surface area contributed by atoms with E-state index in [-0.39, 0.29) is 18.6 Å². The first kappa shape index (κ1) is 18.0. The second-order valence-electron chi connectivity index (χ2n) is 6.50. The maximum absolute atomic E-state index is 9.95. The molecular formula is C17H29NO3. The number of nitrogens with one attached hydrogen (secondary N) is 1. The van der Waals surface area contributed by atoms with Gasteiger partial charge in [0.1, 0.15) is 18.5 Å². The quantitative estimate of drug-likeness (QED) is 0.652. The van der Waals surface area contributed by atoms with Crippen molar-refractivity contribution >= 4 is 0 Å². The maximum atomic E-state index is 9.95. The summed E-state index contributed by atoms with van der Waals surface area (Å²) in [6.07, 6.45) is 0.199. The van der Waals surface area contributed by atoms with Gasteiger partial charge in [0.05, 0.1) is 0 Å². The van der Waals surface area contributed by atoms with Crippen molar-refractivity contribution in [3.8, 4) is 5.75 Å². The van der Waals surface area contributed by atoms with E-state index < -0.39 is 6.10 Å². The molecule has 21 heavy (non-hydrogen) atoms. The molecule has 1 rings (SSSR count). The molecule has 4 heteroatoms. The molecule has 0 aliphatic carbocycles. The second kappa shape index (κ2) is 8.37. The highest BCUT2D eigenvalue weighted by atomic mass is 16.5. The Morgan fingerprint density at radius 1 is 1.29 bits per heavy atom. The second-order valence-corrected chi connectivity index (χ2v) is 6.50. The van der Waals surface area contributed by atoms with Crippen LogP contribution in [0.1, 0.15) is 31.4 Å². The summed E-state index contributed by atoms with van der Waals surface area (Å²) < 4.78 is 5.65. The van der Waals surface area contributed by atoms with Crippen molar-refractivity contribution in [2.24, 2.45) is 5.41 Å². The lowest BCUT2D eigenvalue weighted by Gasteiger charge is -2.24. The average Bonchev–Trinajstić information content (AvgIpc) is 2.37. The van der Waals surface area contributed by atoms with Crippen molar-refractivity contribution in [1.82, 2.24) is 5.32 Å². The van der Waals surface area contributed by atoms with Crippen LogP contribution in [0.3, 0.4) is 0 Å². The molecule has 0 bridgehead atoms. The third-order valence-electron chi connectivity index (χ3n) is 3.53. The molecule has 1 aromatic rings. The van der Waals surface area contributed by atoms with Gasteiger partial charge >= 0.3 is 0 Å². The predicted octanol–water partition coefficient (Wildman–Crippen LogP) is 2.04. The minimum Gasteiger partial charge on any atom is -0.491 e. The number of benzene rings is 1. The first-order valence-corrected chi connectivity index (χ1v) is 7.54. The molecule has 120 valence electrons. The normalized spacial score (nSPS) is 13.2. The third kappa shape index (κ3) is 6.93. The summed E-state index contributed by atoms with van der Waals surface area (Å²) in [5.41, 5.74) is 2.32. The standard InChI is InChI=1S/C17H29NO3/c1-13-5-6-16(14(2)9-13)21-11-15(20)10-18-12-17(3,4)7-8-19/h5-6,9,15,18-20H,7-8,10-12H2,1-4H3. The van der Waals surface area contributed by atoms with Crippen molar-refractivity contribution in [1.29, 1.82) is 0 Å². The molecule has 0 heterocycles. The van der Waals surface area contributed by atoms with Crippen LogP contribution >= 0.6 is 0 Å². The number of hydrogen-bond donors (Lipinski definition) is 3. The van der Waals surface area contributed by atoms with E-state index in [1.54, 1.807) is 0 Å². The summed E-state index contributed by atoms with van der Waals surface area (Å²) in [4.78, 5) is 0. The largest absolute Gasteiger partial charge is 0.491 e. The van der Waals surface area contributed by atoms with Crippen molar-refractivity contribution in [2.45, 2.75) is 40.2 Å². The third-order valence-corrected chi connectivity index (χ3v) is 3.53. The highest BCUT2D eigenvalue weighted by Crippen LogP contribution is 2.19. The van der Waals surface area contributed by atoms with Crippen LogP contribution in [0.15, 0.2) is 18.2 Å². The van der Waals surface area contributed by atoms with E-state index in [2.05, 4.69) is 25.2 Å². The molecule has 0 radical (unpaired) electrons. The number of rotatable bonds is 9. The van der Waals surface area contributed by atoms with Crippen LogP contribution in [-0.2, 0) is 0 Å². The molecule has 0 aromatic heterocycles. The number of aliphatic hydroxyl groups excluding tert-OH is 2. The first-order chi connectivity index (χ1) is 9.84. The number of ether oxygens (including phenoxy) is 1. The SMILES string of the molecule is Cc1ccc(OCC(O)CNCC(C)(C)CCO)c(C)c1. The Balaban J connectivity index is 2.29. The molecule has 0 aliphatic rings. The number of hydrogen-bond acceptors (Lipinski definition) is 4. The van der Waals surface area contributed by atoms with Crippen LogP contribution in [-0.4, -0.2) is 42.6 Å². The molecule has 4 nitrogen and oxygen atoms in total. The van der Waals surface area contributed by atoms with Gasteiger partial charge in [0, 0.05) is 19.7 Å². The van der Waals surface area contributed by atoms with Crippen LogP contribution in [0.4, 0.5) is 0 Å². The Morgan fingerprint density at radius 2 is 2.00 bits per heavy atom. The Morgan fingerprint density at radius 3 is 2.62 bits per heavy atom. The summed E-state index contributed by atoms with van der Waals surface area (Å²) in [7, 11) is 0. The topological polar surface area (TPSA) is 61.7 Å². The highest BCUT2D eigenvalue weighted by Gasteiger charge is 2.17. The Labute approximate surface area is 128 Å². The van der Waals surface area contributed by atoms with Crippen LogP contribution in [0, 0.1) is 19.3 Å². The monoisotopic (exact) mass is 295 g/mol. The fourth-order valence-electron chi connectivity index (χ4n) is 2.17. The molecule has 0 spiro atoms. The lowest BCUT2D eigenvalue weighted by Crippen LogP contribution is -2.37. The van der Waals surface area contributed by atoms with Gasteiger partial charge in [-0.05, 0) is 37.3 Å². The minimum absolute atomic E-state index is 0.0306. The van der Waals surface area contributed by atoms with Crippen LogP contribution in [0.2, 0.25) is 0 Å². The van der Waals surface area contributed by atoms with Gasteiger partial charge in [-0.15, -0.1) is 0 Å². The van der Waals surface area contributed by atoms with Gasteiger partial charge in [-0.3, -0.25) is 0 Å². The molecule has 3 N–H and O–H groups in total. The van der Waals surface area contributed by atoms with Gasteiger partial charge in [0.15, 0.2) is 0 Å². The molecule has 0 fully saturated rings. The van der Waals surface area contributed by atoms with E-state index in [1.807, 2.05) is 26.0 Å². The van der Waals surface area contributed by atoms with Gasteiger partial charge in [0.25, 0.3) is 0 Å². The van der Waals surface area contributed by atoms with Crippen molar-refractivity contribution < 1.29 is 14.9 Å². The highest BCUT2D eigenvalue weighted by molar-refractivity contribution is 5.35. The van der Waals surface area contributed by atoms with Crippen molar-refractivity contribution in [3.63, 3.8) is 0 Å². The first-order valence-electron chi connectivity index (χ1n) is 7.54. The van der Waals surface area contributed by atoms with E-state index >= 15 is 0 Å². The molecular weight excluding hydrogens is 266 g/mol. The van der Waals surface area contributed by atoms with Gasteiger partial charge < -0.3 is 20.3 Å². The molecule has 0 saturated heterocycles. The zero-order chi connectivity index (χ0) is 15.9. The average molecular weight is 295 g/mol. The smallest absolute Gasteiger partial charge is 0.122 e. The van der Waals surface area contributed by atoms with E-state index in [1.165, 1.54) is 5.56 Å². The number of aliphatic hydroxyl groups is 2. The molecule has 1 aromatic carbocycles. The molecule has 0 saturated carbocycles. The minimum atomic E-state index is -0.546. The summed E-state index contributed by atoms with van der Waals surface area (Å²) in [5.74, 6) is 0.820. The zero-order valence-corrected chi connectivity index (χ0v) is 13.6. The van der Waals surface area contributed by atoms with Crippen LogP contribution in [0.25, 0.3) is 0 Å². The van der Waals surface area contributed by atoms with E-state index in [0.29, 0.717) is 6.54 Å². The summed E-state index contributed by atoms with van der Waals surface area (Å²) in [6.45, 7) is 9.94. The van der Waals surface area contributed by atoms with Crippen molar-refractivity contribution in [2.75, 3.05) is 26.3 Å². The lowest BCUT2D eigenvalue weighted by molar-refractivity contribution is 0.102. The van der Waals surface area contributed by atoms with Crippen LogP contribution < -0.4 is 10.1 Å². The fraction of sp³-hybridized carbons (Fsp3) is 0.647. The van der Waals surface area contributed by atoms with Gasteiger partial charge in [-0.2, -0.15) is 0 Å². The molecule has 0 aliphatic heterocycles. The summed E-state index contributed by atoms with van der Waals surface area (Å²) >= 11 is 0. The summed E-state index contributed by atoms with van der Waals surface area (Å²) in [5, 5.41) is 22.1. The lowest BCUT2D eigenvalue weighted by atomic mass is 9.90. The Bertz CT molecular complexity index is 432. The van der Waals surface area contributed by atoms with E-state index in [0.717, 1.165) is 24.3 Å². The van der Waals surface area contributed by atoms with Gasteiger partial charge in [-0.1, -0.05) is 31.5 Å². The van der Waals surface area contributed by atoms with E-state index in [9.17, 15) is 5.11 Å². The van der Waals surface area contributed by atoms with Gasteiger partial charge in [-0.25, -0.2) is 0 Å². The molecule has 1 atom stereocenters. The Kier molecular flexibility index (Phi) is 7.15. The molecule has 0 amide bonds. The van der Waals surface area contributed by atoms with Crippen LogP contribution in [0.5, 0.6) is 5.75 Å². The number of aryl methyl sites for hydroxylation is 2. The fourth-order valence-corrected chi connectivity index (χ4v) is 2.17. The predicted molar refractivity (Wildman–Crippen MR) is 85.8 cm³/mol. The summed E-state index contributed by atoms with van der Waals surface area (Å²) in [6, 6.07) is 6.01. The van der Waals surface area contributed by atoms with Crippen molar-refractivity contribution in [3.05, 3.63) is 29.3 Å². The maximum Gasteiger partial charge on any atom is 0.122 e. The zero-order valence-electron chi connectivity index (χ0n) is 13.6. The molecule has 1 unspecified atom stereocenters. The van der Waals surface area contributed by atoms with E-state index in [4.69, 9.17) is 9.84 Å². The van der Waals surface area contributed by atoms with Gasteiger partial charge in [0.2, 0.25) is 0 Å². The Hall–Kier alpha value is -1.10.